The third-order valence-electron chi connectivity index (χ3n) is 8.96. The molecule has 190 valence electrons. The van der Waals surface area contributed by atoms with Gasteiger partial charge in [0.1, 0.15) is 11.2 Å². The largest absolute Gasteiger partial charge is 0.456 e. The van der Waals surface area contributed by atoms with E-state index in [2.05, 4.69) is 129 Å². The third kappa shape index (κ3) is 3.08. The van der Waals surface area contributed by atoms with Gasteiger partial charge in [0.2, 0.25) is 0 Å². The molecule has 2 nitrogen and oxygen atoms in total. The molecule has 0 saturated carbocycles. The number of benzene rings is 5. The fraction of sp³-hybridized carbons (Fsp3) is 0.167. The van der Waals surface area contributed by atoms with Crippen molar-refractivity contribution in [1.29, 1.82) is 0 Å². The lowest BCUT2D eigenvalue weighted by Crippen LogP contribution is -2.37. The molecule has 8 rings (SSSR count). The average Bonchev–Trinajstić information content (AvgIpc) is 3.52. The summed E-state index contributed by atoms with van der Waals surface area (Å²) >= 11 is 0. The Balaban J connectivity index is 1.42. The predicted molar refractivity (Wildman–Crippen MR) is 169 cm³/mol. The molecule has 1 aliphatic carbocycles. The number of hydrogen-bond acceptors (Lipinski definition) is 1. The van der Waals surface area contributed by atoms with Crippen molar-refractivity contribution in [3.05, 3.63) is 108 Å². The molecule has 0 unspecified atom stereocenters. The summed E-state index contributed by atoms with van der Waals surface area (Å²) in [4.78, 5) is 0. The van der Waals surface area contributed by atoms with Gasteiger partial charge in [-0.15, -0.1) is 0 Å². The van der Waals surface area contributed by atoms with Gasteiger partial charge in [-0.25, -0.2) is 0 Å². The van der Waals surface area contributed by atoms with Gasteiger partial charge in [0.25, 0.3) is 0 Å². The van der Waals surface area contributed by atoms with Crippen molar-refractivity contribution in [3.63, 3.8) is 0 Å². The first-order chi connectivity index (χ1) is 18.7. The first-order valence-corrected chi connectivity index (χ1v) is 17.4. The van der Waals surface area contributed by atoms with Crippen LogP contribution in [0.15, 0.2) is 101 Å². The molecule has 1 aliphatic rings. The lowest BCUT2D eigenvalue weighted by Gasteiger charge is -2.22. The quantitative estimate of drug-likeness (QED) is 0.207. The number of fused-ring (bicyclic) bond motifs is 9. The van der Waals surface area contributed by atoms with Crippen LogP contribution in [-0.4, -0.2) is 12.6 Å². The van der Waals surface area contributed by atoms with E-state index >= 15 is 0 Å². The summed E-state index contributed by atoms with van der Waals surface area (Å²) in [5.74, 6) is 0. The molecule has 0 N–H and O–H groups in total. The second-order valence-electron chi connectivity index (χ2n) is 12.7. The van der Waals surface area contributed by atoms with Crippen LogP contribution in [0.1, 0.15) is 25.0 Å². The van der Waals surface area contributed by atoms with E-state index in [9.17, 15) is 0 Å². The van der Waals surface area contributed by atoms with Crippen LogP contribution >= 0.6 is 0 Å². The highest BCUT2D eigenvalue weighted by molar-refractivity contribution is 6.88. The maximum atomic E-state index is 6.30. The zero-order valence-corrected chi connectivity index (χ0v) is 24.1. The molecule has 0 radical (unpaired) electrons. The summed E-state index contributed by atoms with van der Waals surface area (Å²) in [7, 11) is -1.37. The van der Waals surface area contributed by atoms with Crippen LogP contribution in [0.4, 0.5) is 0 Å². The molecule has 0 saturated heterocycles. The molecule has 0 atom stereocenters. The molecule has 2 heterocycles. The van der Waals surface area contributed by atoms with Gasteiger partial charge in [-0.1, -0.05) is 87.2 Å². The summed E-state index contributed by atoms with van der Waals surface area (Å²) in [6.45, 7) is 11.9. The van der Waals surface area contributed by atoms with E-state index in [1.54, 1.807) is 0 Å². The van der Waals surface area contributed by atoms with Crippen molar-refractivity contribution in [2.75, 3.05) is 0 Å². The van der Waals surface area contributed by atoms with E-state index < -0.39 is 8.07 Å². The van der Waals surface area contributed by atoms with Crippen LogP contribution in [0.25, 0.3) is 60.6 Å². The van der Waals surface area contributed by atoms with Gasteiger partial charge in [0.15, 0.2) is 0 Å². The van der Waals surface area contributed by atoms with Crippen molar-refractivity contribution in [1.82, 2.24) is 4.57 Å². The van der Waals surface area contributed by atoms with E-state index in [0.717, 1.165) is 11.2 Å². The zero-order chi connectivity index (χ0) is 26.7. The van der Waals surface area contributed by atoms with Crippen molar-refractivity contribution in [2.24, 2.45) is 0 Å². The smallest absolute Gasteiger partial charge is 0.135 e. The first-order valence-electron chi connectivity index (χ1n) is 13.9. The highest BCUT2D eigenvalue weighted by Crippen LogP contribution is 2.52. The Hall–Kier alpha value is -4.08. The molecule has 3 heteroatoms. The van der Waals surface area contributed by atoms with E-state index in [1.807, 2.05) is 6.07 Å². The fourth-order valence-electron chi connectivity index (χ4n) is 6.80. The second kappa shape index (κ2) is 7.52. The molecule has 0 amide bonds. The Labute approximate surface area is 229 Å². The van der Waals surface area contributed by atoms with Gasteiger partial charge < -0.3 is 8.98 Å². The number of rotatable bonds is 2. The summed E-state index contributed by atoms with van der Waals surface area (Å²) in [6.07, 6.45) is 0. The van der Waals surface area contributed by atoms with E-state index in [-0.39, 0.29) is 5.41 Å². The minimum absolute atomic E-state index is 0.130. The minimum Gasteiger partial charge on any atom is -0.456 e. The summed E-state index contributed by atoms with van der Waals surface area (Å²) in [6, 6.07) is 36.1. The molecule has 0 fully saturated rings. The van der Waals surface area contributed by atoms with Gasteiger partial charge >= 0.3 is 0 Å². The van der Waals surface area contributed by atoms with Gasteiger partial charge in [0, 0.05) is 32.6 Å². The van der Waals surface area contributed by atoms with Crippen LogP contribution in [-0.2, 0) is 5.41 Å². The maximum absolute atomic E-state index is 6.30. The van der Waals surface area contributed by atoms with E-state index in [0.29, 0.717) is 0 Å². The minimum atomic E-state index is -1.37. The number of hydrogen-bond donors (Lipinski definition) is 0. The molecule has 2 aromatic heterocycles. The Bertz CT molecular complexity index is 2120. The molecular weight excluding hydrogens is 490 g/mol. The standard InChI is InChI=1S/C36H31NOSi/c1-36(2)30-20-33-28(18-26(30)27-19-29-25-11-7-9-13-34(25)38-35(29)21-31(27)36)24-10-6-8-12-32(24)37(33)22-14-16-23(17-15-22)39(3,4)5/h6-21H,1-5H3. The SMILES string of the molecule is CC1(C)c2cc3oc4ccccc4c3cc2-c2cc3c4ccccc4n(-c4ccc([Si](C)(C)C)cc4)c3cc21. The van der Waals surface area contributed by atoms with Crippen LogP contribution < -0.4 is 5.19 Å². The molecule has 39 heavy (non-hydrogen) atoms. The van der Waals surface area contributed by atoms with Gasteiger partial charge in [0.05, 0.1) is 19.1 Å². The fourth-order valence-corrected chi connectivity index (χ4v) is 7.97. The Morgan fingerprint density at radius 3 is 1.97 bits per heavy atom. The highest BCUT2D eigenvalue weighted by atomic mass is 28.3. The van der Waals surface area contributed by atoms with Crippen molar-refractivity contribution >= 4 is 57.0 Å². The van der Waals surface area contributed by atoms with E-state index in [1.165, 1.54) is 65.7 Å². The summed E-state index contributed by atoms with van der Waals surface area (Å²) in [5, 5.41) is 6.46. The second-order valence-corrected chi connectivity index (χ2v) is 17.8. The Kier molecular flexibility index (Phi) is 4.41. The molecule has 0 aliphatic heterocycles. The molecule has 0 spiro atoms. The monoisotopic (exact) mass is 521 g/mol. The average molecular weight is 522 g/mol. The number of furan rings is 1. The van der Waals surface area contributed by atoms with Crippen LogP contribution in [0.3, 0.4) is 0 Å². The molecule has 0 bridgehead atoms. The number of aromatic nitrogens is 1. The third-order valence-corrected chi connectivity index (χ3v) is 11.0. The summed E-state index contributed by atoms with van der Waals surface area (Å²) in [5.41, 5.74) is 10.9. The molecule has 7 aromatic rings. The van der Waals surface area contributed by atoms with Crippen molar-refractivity contribution in [2.45, 2.75) is 38.9 Å². The Morgan fingerprint density at radius 2 is 1.23 bits per heavy atom. The van der Waals surface area contributed by atoms with Gasteiger partial charge in [-0.05, 0) is 70.8 Å². The molecular formula is C36H31NOSi. The number of para-hydroxylation sites is 2. The van der Waals surface area contributed by atoms with Crippen LogP contribution in [0, 0.1) is 0 Å². The van der Waals surface area contributed by atoms with Crippen LogP contribution in [0.2, 0.25) is 19.6 Å². The molecule has 5 aromatic carbocycles. The maximum Gasteiger partial charge on any atom is 0.135 e. The van der Waals surface area contributed by atoms with Gasteiger partial charge in [-0.3, -0.25) is 0 Å². The zero-order valence-electron chi connectivity index (χ0n) is 23.1. The highest BCUT2D eigenvalue weighted by Gasteiger charge is 2.37. The number of nitrogens with zero attached hydrogens (tertiary/aromatic N) is 1. The normalized spacial score (nSPS) is 14.5. The van der Waals surface area contributed by atoms with Crippen molar-refractivity contribution < 1.29 is 4.42 Å². The topological polar surface area (TPSA) is 18.1 Å². The van der Waals surface area contributed by atoms with E-state index in [4.69, 9.17) is 4.42 Å². The Morgan fingerprint density at radius 1 is 0.590 bits per heavy atom. The van der Waals surface area contributed by atoms with Gasteiger partial charge in [-0.2, -0.15) is 0 Å². The lowest BCUT2D eigenvalue weighted by molar-refractivity contribution is 0.647. The van der Waals surface area contributed by atoms with Crippen LogP contribution in [0.5, 0.6) is 0 Å². The lowest BCUT2D eigenvalue weighted by atomic mass is 9.82. The summed E-state index contributed by atoms with van der Waals surface area (Å²) < 4.78 is 8.75. The van der Waals surface area contributed by atoms with Crippen molar-refractivity contribution in [3.8, 4) is 16.8 Å². The predicted octanol–water partition coefficient (Wildman–Crippen LogP) is 9.53. The first kappa shape index (κ1) is 22.9.